The molecule has 0 N–H and O–H groups in total. The maximum absolute atomic E-state index is 12.6. The highest BCUT2D eigenvalue weighted by Crippen LogP contribution is 2.36. The Morgan fingerprint density at radius 1 is 1.09 bits per heavy atom. The highest BCUT2D eigenvalue weighted by Gasteiger charge is 2.35. The van der Waals surface area contributed by atoms with Crippen LogP contribution in [-0.2, 0) is 21.0 Å². The van der Waals surface area contributed by atoms with Crippen molar-refractivity contribution in [3.63, 3.8) is 0 Å². The van der Waals surface area contributed by atoms with Crippen LogP contribution in [0.25, 0.3) is 0 Å². The summed E-state index contributed by atoms with van der Waals surface area (Å²) in [5.41, 5.74) is 1.62. The number of carbonyl (C=O) groups excluding carboxylic acids is 1. The molecule has 9 nitrogen and oxygen atoms in total. The zero-order valence-corrected chi connectivity index (χ0v) is 21.1. The van der Waals surface area contributed by atoms with E-state index in [-0.39, 0.29) is 17.8 Å². The summed E-state index contributed by atoms with van der Waals surface area (Å²) in [5.74, 6) is 1.21. The number of hydrogen-bond acceptors (Lipinski definition) is 8. The van der Waals surface area contributed by atoms with E-state index in [1.807, 2.05) is 19.1 Å². The van der Waals surface area contributed by atoms with E-state index in [4.69, 9.17) is 9.47 Å². The van der Waals surface area contributed by atoms with Gasteiger partial charge in [-0.1, -0.05) is 0 Å². The van der Waals surface area contributed by atoms with Crippen molar-refractivity contribution in [1.82, 2.24) is 14.9 Å². The Morgan fingerprint density at radius 3 is 2.54 bits per heavy atom. The number of piperidine rings is 1. The van der Waals surface area contributed by atoms with Crippen LogP contribution in [0.15, 0.2) is 35.5 Å². The minimum absolute atomic E-state index is 0.0351. The molecular weight excluding hydrogens is 468 g/mol. The lowest BCUT2D eigenvalue weighted by atomic mass is 10.1. The Morgan fingerprint density at radius 2 is 1.83 bits per heavy atom. The van der Waals surface area contributed by atoms with E-state index in [0.717, 1.165) is 43.4 Å². The fraction of sp³-hybridized carbons (Fsp3) is 0.560. The Bertz CT molecular complexity index is 1200. The molecule has 2 aliphatic heterocycles. The molecule has 1 aliphatic carbocycles. The van der Waals surface area contributed by atoms with Gasteiger partial charge in [-0.2, -0.15) is 0 Å². The maximum Gasteiger partial charge on any atom is 0.410 e. The fourth-order valence-corrected chi connectivity index (χ4v) is 5.89. The molecule has 0 spiro atoms. The summed E-state index contributed by atoms with van der Waals surface area (Å²) < 4.78 is 35.7. The van der Waals surface area contributed by atoms with Crippen LogP contribution in [-0.4, -0.2) is 67.0 Å². The van der Waals surface area contributed by atoms with Gasteiger partial charge in [-0.25, -0.2) is 23.2 Å². The number of likely N-dealkylation sites (tertiary alicyclic amines) is 1. The van der Waals surface area contributed by atoms with Crippen LogP contribution in [0.4, 0.5) is 16.3 Å². The molecule has 1 saturated carbocycles. The number of ether oxygens (including phenoxy) is 2. The number of benzene rings is 1. The molecule has 1 aromatic carbocycles. The molecule has 0 radical (unpaired) electrons. The van der Waals surface area contributed by atoms with Gasteiger partial charge in [-0.05, 0) is 62.8 Å². The Hall–Kier alpha value is -2.88. The molecule has 1 saturated heterocycles. The molecule has 1 aromatic heterocycles. The number of anilines is 2. The number of nitrogens with zero attached hydrogens (tertiary/aromatic N) is 4. The van der Waals surface area contributed by atoms with Crippen LogP contribution in [0.5, 0.6) is 5.88 Å². The van der Waals surface area contributed by atoms with Crippen molar-refractivity contribution in [1.29, 1.82) is 0 Å². The van der Waals surface area contributed by atoms with E-state index in [1.165, 1.54) is 12.6 Å². The summed E-state index contributed by atoms with van der Waals surface area (Å²) in [6.07, 6.45) is 8.74. The van der Waals surface area contributed by atoms with Gasteiger partial charge in [-0.15, -0.1) is 0 Å². The van der Waals surface area contributed by atoms with Crippen molar-refractivity contribution < 1.29 is 22.7 Å². The average molecular weight is 501 g/mol. The fourth-order valence-electron chi connectivity index (χ4n) is 5.22. The maximum atomic E-state index is 12.6. The standard InChI is InChI=1S/C25H32N4O5S/c1-25(10-3-4-11-25)34-24(30)28-12-8-19(9-13-28)33-23-16-22(26-17-27-23)29-14-7-18-15-20(35(2,31)32)5-6-21(18)29/h5-6,15-17,19H,3-4,7-14H2,1-2H3. The van der Waals surface area contributed by atoms with Gasteiger partial charge in [0.1, 0.15) is 23.9 Å². The molecule has 0 unspecified atom stereocenters. The predicted octanol–water partition coefficient (Wildman–Crippen LogP) is 3.89. The third-order valence-electron chi connectivity index (χ3n) is 7.26. The normalized spacial score (nSPS) is 20.1. The summed E-state index contributed by atoms with van der Waals surface area (Å²) >= 11 is 0. The van der Waals surface area contributed by atoms with Gasteiger partial charge in [0.05, 0.1) is 4.90 Å². The average Bonchev–Trinajstić information content (AvgIpc) is 3.45. The molecule has 10 heteroatoms. The number of aromatic nitrogens is 2. The highest BCUT2D eigenvalue weighted by atomic mass is 32.2. The van der Waals surface area contributed by atoms with Crippen LogP contribution in [0.2, 0.25) is 0 Å². The number of fused-ring (bicyclic) bond motifs is 1. The minimum Gasteiger partial charge on any atom is -0.474 e. The van der Waals surface area contributed by atoms with Crippen LogP contribution in [0.3, 0.4) is 0 Å². The van der Waals surface area contributed by atoms with Crippen molar-refractivity contribution in [2.24, 2.45) is 0 Å². The number of rotatable bonds is 5. The lowest BCUT2D eigenvalue weighted by molar-refractivity contribution is -0.00332. The van der Waals surface area contributed by atoms with Gasteiger partial charge in [0, 0.05) is 50.5 Å². The summed E-state index contributed by atoms with van der Waals surface area (Å²) in [7, 11) is -3.24. The van der Waals surface area contributed by atoms with Crippen molar-refractivity contribution in [3.05, 3.63) is 36.2 Å². The number of sulfone groups is 1. The molecule has 0 atom stereocenters. The van der Waals surface area contributed by atoms with Gasteiger partial charge >= 0.3 is 6.09 Å². The van der Waals surface area contributed by atoms with Crippen LogP contribution in [0, 0.1) is 0 Å². The highest BCUT2D eigenvalue weighted by molar-refractivity contribution is 7.90. The summed E-state index contributed by atoms with van der Waals surface area (Å²) in [6, 6.07) is 7.04. The molecule has 0 bridgehead atoms. The second-order valence-electron chi connectivity index (χ2n) is 10.0. The van der Waals surface area contributed by atoms with Crippen molar-refractivity contribution in [3.8, 4) is 5.88 Å². The predicted molar refractivity (Wildman–Crippen MR) is 131 cm³/mol. The van der Waals surface area contributed by atoms with Crippen LogP contribution >= 0.6 is 0 Å². The molecule has 3 heterocycles. The van der Waals surface area contributed by atoms with Crippen molar-refractivity contribution in [2.45, 2.75) is 68.5 Å². The zero-order chi connectivity index (χ0) is 24.6. The molecular formula is C25H32N4O5S. The molecule has 35 heavy (non-hydrogen) atoms. The second-order valence-corrected chi connectivity index (χ2v) is 12.0. The molecule has 2 aromatic rings. The van der Waals surface area contributed by atoms with Gasteiger partial charge in [0.2, 0.25) is 5.88 Å². The topological polar surface area (TPSA) is 102 Å². The van der Waals surface area contributed by atoms with Crippen molar-refractivity contribution >= 4 is 27.4 Å². The Labute approximate surface area is 206 Å². The van der Waals surface area contributed by atoms with E-state index in [1.54, 1.807) is 17.0 Å². The monoisotopic (exact) mass is 500 g/mol. The first-order valence-corrected chi connectivity index (χ1v) is 14.2. The first kappa shape index (κ1) is 23.8. The third-order valence-corrected chi connectivity index (χ3v) is 8.37. The molecule has 188 valence electrons. The smallest absolute Gasteiger partial charge is 0.410 e. The summed E-state index contributed by atoms with van der Waals surface area (Å²) in [4.78, 5) is 25.5. The largest absolute Gasteiger partial charge is 0.474 e. The SMILES string of the molecule is CC1(OC(=O)N2CCC(Oc3cc(N4CCc5cc(S(C)(=O)=O)ccc54)ncn3)CC2)CCCC1. The molecule has 1 amide bonds. The van der Waals surface area contributed by atoms with E-state index >= 15 is 0 Å². The zero-order valence-electron chi connectivity index (χ0n) is 20.3. The van der Waals surface area contributed by atoms with Crippen molar-refractivity contribution in [2.75, 3.05) is 30.8 Å². The molecule has 3 aliphatic rings. The summed E-state index contributed by atoms with van der Waals surface area (Å²) in [5, 5.41) is 0. The van der Waals surface area contributed by atoms with E-state index in [2.05, 4.69) is 14.9 Å². The molecule has 2 fully saturated rings. The number of amides is 1. The van der Waals surface area contributed by atoms with E-state index in [0.29, 0.717) is 49.1 Å². The van der Waals surface area contributed by atoms with Gasteiger partial charge in [-0.3, -0.25) is 0 Å². The lowest BCUT2D eigenvalue weighted by Gasteiger charge is -2.34. The second kappa shape index (κ2) is 9.29. The Kier molecular flexibility index (Phi) is 6.33. The van der Waals surface area contributed by atoms with Gasteiger partial charge < -0.3 is 19.3 Å². The Balaban J connectivity index is 1.19. The first-order valence-electron chi connectivity index (χ1n) is 12.3. The van der Waals surface area contributed by atoms with Gasteiger partial charge in [0.15, 0.2) is 9.84 Å². The van der Waals surface area contributed by atoms with Crippen LogP contribution < -0.4 is 9.64 Å². The quantitative estimate of drug-likeness (QED) is 0.609. The first-order chi connectivity index (χ1) is 16.7. The van der Waals surface area contributed by atoms with E-state index < -0.39 is 9.84 Å². The summed E-state index contributed by atoms with van der Waals surface area (Å²) in [6.45, 7) is 3.93. The number of hydrogen-bond donors (Lipinski definition) is 0. The van der Waals surface area contributed by atoms with Crippen LogP contribution in [0.1, 0.15) is 51.0 Å². The van der Waals surface area contributed by atoms with E-state index in [9.17, 15) is 13.2 Å². The molecule has 5 rings (SSSR count). The number of carbonyl (C=O) groups is 1. The minimum atomic E-state index is -3.24. The lowest BCUT2D eigenvalue weighted by Crippen LogP contribution is -2.44. The van der Waals surface area contributed by atoms with Gasteiger partial charge in [0.25, 0.3) is 0 Å². The third kappa shape index (κ3) is 5.22.